The molecule has 2 heterocycles. The van der Waals surface area contributed by atoms with E-state index in [9.17, 15) is 4.79 Å². The molecule has 3 aromatic rings. The van der Waals surface area contributed by atoms with Crippen molar-refractivity contribution in [1.29, 1.82) is 0 Å². The maximum absolute atomic E-state index is 12.8. The Morgan fingerprint density at radius 1 is 1.19 bits per heavy atom. The standard InChI is InChI=1S/C22H22ClN3O/c1-14-17(4-2-5-18(14)23)22(11-3-12-22)25-19-9-6-15-10-13-26(16-7-8-16)21(27)20(15)24-19/h2,4-6,9-10,13,16H,3,7-8,11-12H2,1H3,(H,24,25). The van der Waals surface area contributed by atoms with Gasteiger partial charge in [0.15, 0.2) is 0 Å². The van der Waals surface area contributed by atoms with Crippen LogP contribution in [0.4, 0.5) is 5.82 Å². The molecule has 0 spiro atoms. The zero-order chi connectivity index (χ0) is 18.6. The molecule has 0 aliphatic heterocycles. The molecule has 5 rings (SSSR count). The van der Waals surface area contributed by atoms with Crippen LogP contribution in [0.5, 0.6) is 0 Å². The maximum Gasteiger partial charge on any atom is 0.277 e. The van der Waals surface area contributed by atoms with E-state index in [0.717, 1.165) is 47.5 Å². The van der Waals surface area contributed by atoms with E-state index < -0.39 is 0 Å². The lowest BCUT2D eigenvalue weighted by Crippen LogP contribution is -2.43. The zero-order valence-corrected chi connectivity index (χ0v) is 16.1. The topological polar surface area (TPSA) is 46.9 Å². The van der Waals surface area contributed by atoms with Crippen molar-refractivity contribution in [3.63, 3.8) is 0 Å². The third kappa shape index (κ3) is 2.74. The minimum atomic E-state index is -0.153. The fourth-order valence-corrected chi connectivity index (χ4v) is 4.37. The molecule has 2 aliphatic carbocycles. The molecule has 0 amide bonds. The second-order valence-electron chi connectivity index (χ2n) is 7.87. The molecule has 2 saturated carbocycles. The smallest absolute Gasteiger partial charge is 0.277 e. The highest BCUT2D eigenvalue weighted by Crippen LogP contribution is 2.46. The van der Waals surface area contributed by atoms with Gasteiger partial charge in [0.1, 0.15) is 11.3 Å². The van der Waals surface area contributed by atoms with Gasteiger partial charge >= 0.3 is 0 Å². The second kappa shape index (κ2) is 6.10. The van der Waals surface area contributed by atoms with Crippen LogP contribution in [0.3, 0.4) is 0 Å². The van der Waals surface area contributed by atoms with E-state index in [1.54, 1.807) is 0 Å². The summed E-state index contributed by atoms with van der Waals surface area (Å²) in [5.41, 5.74) is 2.75. The van der Waals surface area contributed by atoms with E-state index in [1.165, 1.54) is 12.0 Å². The predicted molar refractivity (Wildman–Crippen MR) is 110 cm³/mol. The first-order valence-electron chi connectivity index (χ1n) is 9.63. The third-order valence-corrected chi connectivity index (χ3v) is 6.49. The summed E-state index contributed by atoms with van der Waals surface area (Å²) in [4.78, 5) is 17.5. The number of hydrogen-bond acceptors (Lipinski definition) is 3. The summed E-state index contributed by atoms with van der Waals surface area (Å²) in [6, 6.07) is 12.4. The van der Waals surface area contributed by atoms with Crippen molar-refractivity contribution >= 4 is 28.3 Å². The van der Waals surface area contributed by atoms with Crippen molar-refractivity contribution in [2.75, 3.05) is 5.32 Å². The molecular weight excluding hydrogens is 358 g/mol. The van der Waals surface area contributed by atoms with Crippen LogP contribution in [-0.2, 0) is 5.54 Å². The lowest BCUT2D eigenvalue weighted by molar-refractivity contribution is 0.282. The first-order chi connectivity index (χ1) is 13.1. The summed E-state index contributed by atoms with van der Waals surface area (Å²) < 4.78 is 1.83. The van der Waals surface area contributed by atoms with Crippen LogP contribution in [0, 0.1) is 6.92 Å². The molecule has 0 bridgehead atoms. The Labute approximate surface area is 163 Å². The molecule has 0 radical (unpaired) electrons. The third-order valence-electron chi connectivity index (χ3n) is 6.08. The van der Waals surface area contributed by atoms with Crippen LogP contribution in [0.25, 0.3) is 10.9 Å². The summed E-state index contributed by atoms with van der Waals surface area (Å²) in [5.74, 6) is 0.757. The monoisotopic (exact) mass is 379 g/mol. The number of pyridine rings is 2. The van der Waals surface area contributed by atoms with E-state index in [0.29, 0.717) is 11.6 Å². The lowest BCUT2D eigenvalue weighted by Gasteiger charge is -2.44. The maximum atomic E-state index is 12.8. The highest BCUT2D eigenvalue weighted by Gasteiger charge is 2.40. The normalized spacial score (nSPS) is 18.3. The average Bonchev–Trinajstić information content (AvgIpc) is 3.46. The van der Waals surface area contributed by atoms with Crippen LogP contribution in [-0.4, -0.2) is 9.55 Å². The first kappa shape index (κ1) is 16.8. The Morgan fingerprint density at radius 2 is 2.00 bits per heavy atom. The average molecular weight is 380 g/mol. The molecule has 2 aromatic heterocycles. The van der Waals surface area contributed by atoms with E-state index in [2.05, 4.69) is 18.3 Å². The summed E-state index contributed by atoms with van der Waals surface area (Å²) in [5, 5.41) is 5.33. The summed E-state index contributed by atoms with van der Waals surface area (Å²) in [6.07, 6.45) is 7.31. The van der Waals surface area contributed by atoms with Gasteiger partial charge in [0.2, 0.25) is 0 Å². The van der Waals surface area contributed by atoms with Gasteiger partial charge in [-0.15, -0.1) is 0 Å². The van der Waals surface area contributed by atoms with Crippen molar-refractivity contribution in [3.8, 4) is 0 Å². The number of halogens is 1. The summed E-state index contributed by atoms with van der Waals surface area (Å²) >= 11 is 6.37. The SMILES string of the molecule is Cc1c(Cl)cccc1C1(Nc2ccc3ccn(C4CC4)c(=O)c3n2)CCC1. The number of nitrogens with zero attached hydrogens (tertiary/aromatic N) is 2. The molecule has 1 N–H and O–H groups in total. The molecule has 0 unspecified atom stereocenters. The van der Waals surface area contributed by atoms with Crippen LogP contribution in [0.2, 0.25) is 5.02 Å². The quantitative estimate of drug-likeness (QED) is 0.679. The molecule has 2 fully saturated rings. The van der Waals surface area contributed by atoms with Crippen molar-refractivity contribution in [1.82, 2.24) is 9.55 Å². The van der Waals surface area contributed by atoms with Crippen molar-refractivity contribution < 1.29 is 0 Å². The molecule has 2 aliphatic rings. The van der Waals surface area contributed by atoms with Crippen LogP contribution >= 0.6 is 11.6 Å². The van der Waals surface area contributed by atoms with Crippen LogP contribution in [0.1, 0.15) is 49.3 Å². The highest BCUT2D eigenvalue weighted by molar-refractivity contribution is 6.31. The molecule has 0 atom stereocenters. The largest absolute Gasteiger partial charge is 0.361 e. The Hall–Kier alpha value is -2.33. The van der Waals surface area contributed by atoms with E-state index in [4.69, 9.17) is 16.6 Å². The Kier molecular flexibility index (Phi) is 3.80. The summed E-state index contributed by atoms with van der Waals surface area (Å²) in [7, 11) is 0. The number of rotatable bonds is 4. The van der Waals surface area contributed by atoms with Gasteiger partial charge in [-0.2, -0.15) is 0 Å². The van der Waals surface area contributed by atoms with Crippen molar-refractivity contribution in [3.05, 3.63) is 69.1 Å². The Morgan fingerprint density at radius 3 is 2.70 bits per heavy atom. The zero-order valence-electron chi connectivity index (χ0n) is 15.3. The van der Waals surface area contributed by atoms with Gasteiger partial charge in [-0.05, 0) is 74.4 Å². The van der Waals surface area contributed by atoms with Gasteiger partial charge < -0.3 is 9.88 Å². The predicted octanol–water partition coefficient (Wildman–Crippen LogP) is 5.18. The molecule has 4 nitrogen and oxygen atoms in total. The number of fused-ring (bicyclic) bond motifs is 1. The van der Waals surface area contributed by atoms with Gasteiger partial charge in [-0.3, -0.25) is 4.79 Å². The lowest BCUT2D eigenvalue weighted by atomic mass is 9.70. The molecule has 138 valence electrons. The molecular formula is C22H22ClN3O. The van der Waals surface area contributed by atoms with E-state index >= 15 is 0 Å². The summed E-state index contributed by atoms with van der Waals surface area (Å²) in [6.45, 7) is 2.07. The number of anilines is 1. The van der Waals surface area contributed by atoms with Gasteiger partial charge in [-0.25, -0.2) is 4.98 Å². The number of nitrogens with one attached hydrogen (secondary N) is 1. The minimum absolute atomic E-state index is 0.0141. The fraction of sp³-hybridized carbons (Fsp3) is 0.364. The van der Waals surface area contributed by atoms with Crippen molar-refractivity contribution in [2.45, 2.75) is 50.6 Å². The van der Waals surface area contributed by atoms with Gasteiger partial charge in [-0.1, -0.05) is 23.7 Å². The van der Waals surface area contributed by atoms with Crippen LogP contribution < -0.4 is 10.9 Å². The van der Waals surface area contributed by atoms with Crippen LogP contribution in [0.15, 0.2) is 47.4 Å². The molecule has 1 aromatic carbocycles. The number of hydrogen-bond donors (Lipinski definition) is 1. The van der Waals surface area contributed by atoms with Gasteiger partial charge in [0.25, 0.3) is 5.56 Å². The Bertz CT molecular complexity index is 1100. The number of aromatic nitrogens is 2. The molecule has 27 heavy (non-hydrogen) atoms. The number of benzene rings is 1. The van der Waals surface area contributed by atoms with Gasteiger partial charge in [0.05, 0.1) is 5.54 Å². The van der Waals surface area contributed by atoms with Crippen molar-refractivity contribution in [2.24, 2.45) is 0 Å². The first-order valence-corrected chi connectivity index (χ1v) is 10.0. The molecule has 0 saturated heterocycles. The highest BCUT2D eigenvalue weighted by atomic mass is 35.5. The van der Waals surface area contributed by atoms with Gasteiger partial charge in [0, 0.05) is 22.6 Å². The Balaban J connectivity index is 1.56. The van der Waals surface area contributed by atoms with E-state index in [-0.39, 0.29) is 11.1 Å². The minimum Gasteiger partial charge on any atom is -0.361 e. The second-order valence-corrected chi connectivity index (χ2v) is 8.27. The van der Waals surface area contributed by atoms with E-state index in [1.807, 2.05) is 41.1 Å². The molecule has 5 heteroatoms. The fourth-order valence-electron chi connectivity index (χ4n) is 4.20.